The lowest BCUT2D eigenvalue weighted by Gasteiger charge is -2.10. The Morgan fingerprint density at radius 3 is 3.04 bits per heavy atom. The molecule has 0 aliphatic carbocycles. The molecule has 2 aromatic rings. The Balaban J connectivity index is 1.56. The van der Waals surface area contributed by atoms with Crippen LogP contribution in [-0.2, 0) is 9.53 Å². The minimum atomic E-state index is -0.0686. The van der Waals surface area contributed by atoms with E-state index in [9.17, 15) is 4.79 Å². The molecule has 1 aliphatic rings. The number of ether oxygens (including phenoxy) is 1. The summed E-state index contributed by atoms with van der Waals surface area (Å²) < 4.78 is 7.76. The van der Waals surface area contributed by atoms with Gasteiger partial charge < -0.3 is 15.9 Å². The van der Waals surface area contributed by atoms with Gasteiger partial charge in [0.1, 0.15) is 0 Å². The number of benzene rings is 1. The average molecular weight is 412 g/mol. The molecule has 24 heavy (non-hydrogen) atoms. The number of thioether (sulfide) groups is 1. The number of hydrogen-bond acceptors (Lipinski definition) is 6. The van der Waals surface area contributed by atoms with Crippen LogP contribution in [0.1, 0.15) is 12.8 Å². The van der Waals surface area contributed by atoms with Crippen molar-refractivity contribution in [2.24, 2.45) is 0 Å². The molecule has 1 atom stereocenters. The first kappa shape index (κ1) is 17.2. The van der Waals surface area contributed by atoms with Crippen LogP contribution >= 0.6 is 27.7 Å². The third kappa shape index (κ3) is 4.08. The maximum Gasteiger partial charge on any atom is 0.230 e. The highest BCUT2D eigenvalue weighted by Crippen LogP contribution is 2.27. The van der Waals surface area contributed by atoms with E-state index < -0.39 is 0 Å². The van der Waals surface area contributed by atoms with E-state index in [4.69, 9.17) is 10.6 Å². The van der Waals surface area contributed by atoms with E-state index >= 15 is 0 Å². The smallest absolute Gasteiger partial charge is 0.230 e. The van der Waals surface area contributed by atoms with Crippen LogP contribution in [0.15, 0.2) is 33.9 Å². The molecule has 0 bridgehead atoms. The van der Waals surface area contributed by atoms with Gasteiger partial charge in [0.2, 0.25) is 11.1 Å². The number of carbonyl (C=O) groups excluding carboxylic acids is 1. The van der Waals surface area contributed by atoms with Crippen LogP contribution in [0.4, 0.5) is 0 Å². The largest absolute Gasteiger partial charge is 0.376 e. The molecule has 1 aromatic carbocycles. The lowest BCUT2D eigenvalue weighted by Crippen LogP contribution is -2.33. The summed E-state index contributed by atoms with van der Waals surface area (Å²) >= 11 is 4.73. The number of carbonyl (C=O) groups is 1. The van der Waals surface area contributed by atoms with Gasteiger partial charge >= 0.3 is 0 Å². The summed E-state index contributed by atoms with van der Waals surface area (Å²) in [6, 6.07) is 7.63. The standard InChI is InChI=1S/C15H18BrN5O2S/c16-12-6-2-1-5-11(12)14-19-20-15(21(14)17)24-9-13(22)18-8-10-4-3-7-23-10/h1-2,5-6,10H,3-4,7-9,17H2,(H,18,22). The Bertz CT molecular complexity index is 718. The first-order chi connectivity index (χ1) is 11.6. The van der Waals surface area contributed by atoms with Crippen LogP contribution in [0.3, 0.4) is 0 Å². The third-order valence-corrected chi connectivity index (χ3v) is 5.30. The predicted octanol–water partition coefficient (Wildman–Crippen LogP) is 1.81. The van der Waals surface area contributed by atoms with Crippen LogP contribution < -0.4 is 11.2 Å². The summed E-state index contributed by atoms with van der Waals surface area (Å²) in [7, 11) is 0. The second-order valence-corrected chi connectivity index (χ2v) is 7.18. The molecular formula is C15H18BrN5O2S. The summed E-state index contributed by atoms with van der Waals surface area (Å²) in [5.74, 6) is 6.77. The van der Waals surface area contributed by atoms with Gasteiger partial charge in [-0.25, -0.2) is 4.68 Å². The Labute approximate surface area is 152 Å². The van der Waals surface area contributed by atoms with Gasteiger partial charge in [-0.05, 0) is 25.0 Å². The van der Waals surface area contributed by atoms with Crippen LogP contribution in [0.5, 0.6) is 0 Å². The van der Waals surface area contributed by atoms with Crippen molar-refractivity contribution in [2.45, 2.75) is 24.1 Å². The summed E-state index contributed by atoms with van der Waals surface area (Å²) in [5, 5.41) is 11.6. The van der Waals surface area contributed by atoms with E-state index in [0.29, 0.717) is 17.5 Å². The number of amides is 1. The Morgan fingerprint density at radius 1 is 1.46 bits per heavy atom. The molecule has 1 fully saturated rings. The molecule has 3 N–H and O–H groups in total. The normalized spacial score (nSPS) is 17.1. The van der Waals surface area contributed by atoms with Crippen LogP contribution in [0, 0.1) is 0 Å². The molecule has 9 heteroatoms. The number of hydrogen-bond donors (Lipinski definition) is 2. The fraction of sp³-hybridized carbons (Fsp3) is 0.400. The molecule has 1 unspecified atom stereocenters. The van der Waals surface area contributed by atoms with Gasteiger partial charge in [0.25, 0.3) is 0 Å². The van der Waals surface area contributed by atoms with E-state index in [1.807, 2.05) is 24.3 Å². The quantitative estimate of drug-likeness (QED) is 0.555. The van der Waals surface area contributed by atoms with Gasteiger partial charge in [0.15, 0.2) is 5.82 Å². The average Bonchev–Trinajstić information content (AvgIpc) is 3.22. The zero-order chi connectivity index (χ0) is 16.9. The second kappa shape index (κ2) is 8.00. The van der Waals surface area contributed by atoms with E-state index in [0.717, 1.165) is 29.5 Å². The van der Waals surface area contributed by atoms with Crippen molar-refractivity contribution < 1.29 is 9.53 Å². The first-order valence-electron chi connectivity index (χ1n) is 7.61. The first-order valence-corrected chi connectivity index (χ1v) is 9.39. The number of nitrogens with two attached hydrogens (primary N) is 1. The van der Waals surface area contributed by atoms with Crippen molar-refractivity contribution in [3.63, 3.8) is 0 Å². The predicted molar refractivity (Wildman–Crippen MR) is 96.0 cm³/mol. The van der Waals surface area contributed by atoms with E-state index in [-0.39, 0.29) is 17.8 Å². The summed E-state index contributed by atoms with van der Waals surface area (Å²) in [5.41, 5.74) is 0.849. The fourth-order valence-electron chi connectivity index (χ4n) is 2.42. The number of aromatic nitrogens is 3. The Morgan fingerprint density at radius 2 is 2.29 bits per heavy atom. The number of rotatable bonds is 6. The van der Waals surface area contributed by atoms with Gasteiger partial charge in [-0.2, -0.15) is 0 Å². The fourth-order valence-corrected chi connectivity index (χ4v) is 3.56. The van der Waals surface area contributed by atoms with E-state index in [1.54, 1.807) is 0 Å². The number of halogens is 1. The topological polar surface area (TPSA) is 95.1 Å². The van der Waals surface area contributed by atoms with E-state index in [2.05, 4.69) is 31.4 Å². The van der Waals surface area contributed by atoms with Gasteiger partial charge in [-0.1, -0.05) is 39.8 Å². The zero-order valence-corrected chi connectivity index (χ0v) is 15.3. The lowest BCUT2D eigenvalue weighted by atomic mass is 10.2. The monoisotopic (exact) mass is 411 g/mol. The van der Waals surface area contributed by atoms with Crippen LogP contribution in [0.2, 0.25) is 0 Å². The Hall–Kier alpha value is -1.58. The highest BCUT2D eigenvalue weighted by Gasteiger charge is 2.18. The number of nitrogen functional groups attached to an aromatic ring is 1. The molecule has 1 amide bonds. The second-order valence-electron chi connectivity index (χ2n) is 5.38. The van der Waals surface area contributed by atoms with Crippen molar-refractivity contribution in [3.8, 4) is 11.4 Å². The maximum atomic E-state index is 11.9. The van der Waals surface area contributed by atoms with Crippen molar-refractivity contribution >= 4 is 33.6 Å². The van der Waals surface area contributed by atoms with Crippen molar-refractivity contribution in [1.82, 2.24) is 20.2 Å². The molecule has 1 saturated heterocycles. The highest BCUT2D eigenvalue weighted by molar-refractivity contribution is 9.10. The summed E-state index contributed by atoms with van der Waals surface area (Å²) in [4.78, 5) is 11.9. The Kier molecular flexibility index (Phi) is 5.75. The number of nitrogens with zero attached hydrogens (tertiary/aromatic N) is 3. The number of nitrogens with one attached hydrogen (secondary N) is 1. The van der Waals surface area contributed by atoms with Crippen LogP contribution in [-0.4, -0.2) is 45.8 Å². The molecule has 2 heterocycles. The minimum Gasteiger partial charge on any atom is -0.376 e. The van der Waals surface area contributed by atoms with Crippen molar-refractivity contribution in [3.05, 3.63) is 28.7 Å². The molecule has 3 rings (SSSR count). The molecule has 1 aromatic heterocycles. The molecule has 0 spiro atoms. The van der Waals surface area contributed by atoms with Gasteiger partial charge in [-0.3, -0.25) is 4.79 Å². The summed E-state index contributed by atoms with van der Waals surface area (Å²) in [6.45, 7) is 1.33. The minimum absolute atomic E-state index is 0.0686. The molecule has 1 aliphatic heterocycles. The maximum absolute atomic E-state index is 11.9. The third-order valence-electron chi connectivity index (χ3n) is 3.66. The molecule has 0 radical (unpaired) electrons. The zero-order valence-electron chi connectivity index (χ0n) is 12.9. The molecule has 0 saturated carbocycles. The lowest BCUT2D eigenvalue weighted by molar-refractivity contribution is -0.119. The van der Waals surface area contributed by atoms with Gasteiger partial charge in [0, 0.05) is 23.2 Å². The molecular weight excluding hydrogens is 394 g/mol. The molecule has 128 valence electrons. The SMILES string of the molecule is Nn1c(SCC(=O)NCC2CCCO2)nnc1-c1ccccc1Br. The van der Waals surface area contributed by atoms with E-state index in [1.165, 1.54) is 16.4 Å². The molecule has 7 nitrogen and oxygen atoms in total. The highest BCUT2D eigenvalue weighted by atomic mass is 79.9. The van der Waals surface area contributed by atoms with Gasteiger partial charge in [0.05, 0.1) is 11.9 Å². The van der Waals surface area contributed by atoms with Gasteiger partial charge in [-0.15, -0.1) is 10.2 Å². The summed E-state index contributed by atoms with van der Waals surface area (Å²) in [6.07, 6.45) is 2.20. The van der Waals surface area contributed by atoms with Crippen molar-refractivity contribution in [2.75, 3.05) is 24.7 Å². The van der Waals surface area contributed by atoms with Crippen molar-refractivity contribution in [1.29, 1.82) is 0 Å². The van der Waals surface area contributed by atoms with Crippen LogP contribution in [0.25, 0.3) is 11.4 Å².